The Morgan fingerprint density at radius 3 is 0.708 bits per heavy atom. The van der Waals surface area contributed by atoms with Crippen LogP contribution in [-0.2, 0) is 12.3 Å². The molecule has 0 aliphatic carbocycles. The minimum Gasteiger partial charge on any atom is -0.0620 e. The summed E-state index contributed by atoms with van der Waals surface area (Å²) in [5.74, 6) is 0. The van der Waals surface area contributed by atoms with Crippen molar-refractivity contribution in [2.45, 2.75) is 12.3 Å². The van der Waals surface area contributed by atoms with Crippen molar-refractivity contribution in [2.24, 2.45) is 0 Å². The molecule has 0 radical (unpaired) electrons. The van der Waals surface area contributed by atoms with Gasteiger partial charge in [-0.3, -0.25) is 0 Å². The highest BCUT2D eigenvalue weighted by Crippen LogP contribution is 2.61. The van der Waals surface area contributed by atoms with Crippen molar-refractivity contribution in [3.05, 3.63) is 214 Å². The zero-order valence-electron chi connectivity index (χ0n) is 26.5. The Labute approximate surface area is 302 Å². The molecule has 0 saturated carbocycles. The largest absolute Gasteiger partial charge is 0.116 e. The highest BCUT2D eigenvalue weighted by molar-refractivity contribution is 9.11. The second-order valence-electron chi connectivity index (χ2n) is 12.0. The summed E-state index contributed by atoms with van der Waals surface area (Å²) < 4.78 is 2.27. The van der Waals surface area contributed by atoms with Gasteiger partial charge in [0.05, 0.1) is 12.3 Å². The van der Waals surface area contributed by atoms with Gasteiger partial charge in [0.2, 0.25) is 0 Å². The molecule has 0 saturated heterocycles. The van der Waals surface area contributed by atoms with Gasteiger partial charge in [-0.2, -0.15) is 0 Å². The van der Waals surface area contributed by atoms with Crippen LogP contribution in [0.15, 0.2) is 203 Å². The molecular formula is C44H36Br2P2+2. The molecule has 234 valence electrons. The maximum atomic E-state index is 4.06. The van der Waals surface area contributed by atoms with Crippen molar-refractivity contribution < 1.29 is 0 Å². The lowest BCUT2D eigenvalue weighted by molar-refractivity contribution is 1.27. The maximum absolute atomic E-state index is 4.06. The van der Waals surface area contributed by atoms with E-state index in [1.165, 1.54) is 43.0 Å². The Bertz CT molecular complexity index is 1730. The van der Waals surface area contributed by atoms with Gasteiger partial charge in [0.25, 0.3) is 0 Å². The molecule has 7 aromatic rings. The van der Waals surface area contributed by atoms with E-state index in [9.17, 15) is 0 Å². The average molecular weight is 787 g/mol. The third-order valence-corrected chi connectivity index (χ3v) is 19.4. The minimum absolute atomic E-state index is 0.902. The van der Waals surface area contributed by atoms with Crippen molar-refractivity contribution in [2.75, 3.05) is 0 Å². The van der Waals surface area contributed by atoms with Crippen LogP contribution in [0.4, 0.5) is 0 Å². The molecule has 0 fully saturated rings. The molecule has 0 spiro atoms. The summed E-state index contributed by atoms with van der Waals surface area (Å²) >= 11 is 8.13. The number of benzene rings is 7. The van der Waals surface area contributed by atoms with Crippen LogP contribution >= 0.6 is 46.4 Å². The third-order valence-electron chi connectivity index (χ3n) is 9.21. The fourth-order valence-corrected chi connectivity index (χ4v) is 17.2. The zero-order chi connectivity index (χ0) is 32.8. The highest BCUT2D eigenvalue weighted by atomic mass is 79.9. The van der Waals surface area contributed by atoms with Crippen LogP contribution in [0, 0.1) is 0 Å². The molecule has 0 aromatic heterocycles. The molecule has 7 aromatic carbocycles. The normalized spacial score (nSPS) is 11.7. The van der Waals surface area contributed by atoms with E-state index < -0.39 is 14.5 Å². The van der Waals surface area contributed by atoms with Gasteiger partial charge in [-0.1, -0.05) is 141 Å². The second kappa shape index (κ2) is 14.9. The summed E-state index contributed by atoms with van der Waals surface area (Å²) in [6.45, 7) is 0. The molecule has 7 rings (SSSR count). The van der Waals surface area contributed by atoms with Gasteiger partial charge < -0.3 is 0 Å². The van der Waals surface area contributed by atoms with Gasteiger partial charge in [-0.05, 0) is 84.9 Å². The molecule has 0 aliphatic rings. The van der Waals surface area contributed by atoms with E-state index in [1.54, 1.807) is 0 Å². The van der Waals surface area contributed by atoms with E-state index in [0.29, 0.717) is 0 Å². The molecular weight excluding hydrogens is 750 g/mol. The molecule has 0 amide bonds. The van der Waals surface area contributed by atoms with Crippen LogP contribution in [0.5, 0.6) is 0 Å². The summed E-state index contributed by atoms with van der Waals surface area (Å²) in [6, 6.07) is 71.8. The second-order valence-corrected chi connectivity index (χ2v) is 20.7. The molecule has 0 heterocycles. The van der Waals surface area contributed by atoms with Crippen LogP contribution in [0.3, 0.4) is 0 Å². The number of halogens is 2. The van der Waals surface area contributed by atoms with Crippen molar-refractivity contribution in [1.29, 1.82) is 0 Å². The van der Waals surface area contributed by atoms with Crippen LogP contribution in [-0.4, -0.2) is 0 Å². The Balaban J connectivity index is 1.45. The highest BCUT2D eigenvalue weighted by Gasteiger charge is 2.48. The first-order valence-electron chi connectivity index (χ1n) is 16.2. The van der Waals surface area contributed by atoms with E-state index in [2.05, 4.69) is 226 Å². The molecule has 0 nitrogen and oxygen atoms in total. The van der Waals surface area contributed by atoms with Gasteiger partial charge in [0.1, 0.15) is 46.4 Å². The molecule has 0 bridgehead atoms. The summed E-state index contributed by atoms with van der Waals surface area (Å²) in [7, 11) is -4.20. The number of hydrogen-bond donors (Lipinski definition) is 0. The smallest absolute Gasteiger partial charge is 0.0620 e. The fourth-order valence-electron chi connectivity index (χ4n) is 6.94. The minimum atomic E-state index is -2.10. The van der Waals surface area contributed by atoms with E-state index in [0.717, 1.165) is 21.3 Å². The maximum Gasteiger partial charge on any atom is 0.116 e. The molecule has 0 N–H and O–H groups in total. The van der Waals surface area contributed by atoms with E-state index in [1.807, 2.05) is 0 Å². The standard InChI is InChI=1S/C44H36Br2P2/c45-43-32-44(46)36(34-48(40-25-13-4-14-26-40,41-27-15-5-16-28-41)42-29-17-6-18-30-42)31-35(43)33-47(37-19-7-1-8-20-37,38-21-9-2-10-22-38)39-23-11-3-12-24-39/h1-32H,33-34H2/q+2. The predicted molar refractivity (Wildman–Crippen MR) is 220 cm³/mol. The van der Waals surface area contributed by atoms with Crippen molar-refractivity contribution in [3.8, 4) is 0 Å². The monoisotopic (exact) mass is 784 g/mol. The zero-order valence-corrected chi connectivity index (χ0v) is 31.5. The lowest BCUT2D eigenvalue weighted by Gasteiger charge is -2.30. The van der Waals surface area contributed by atoms with Crippen molar-refractivity contribution in [1.82, 2.24) is 0 Å². The lowest BCUT2D eigenvalue weighted by Crippen LogP contribution is -2.33. The van der Waals surface area contributed by atoms with Crippen LogP contribution in [0.1, 0.15) is 11.1 Å². The van der Waals surface area contributed by atoms with Gasteiger partial charge in [0.15, 0.2) is 0 Å². The first-order valence-corrected chi connectivity index (χ1v) is 21.7. The summed E-state index contributed by atoms with van der Waals surface area (Å²) in [4.78, 5) is 0. The Morgan fingerprint density at radius 2 is 0.500 bits per heavy atom. The van der Waals surface area contributed by atoms with E-state index >= 15 is 0 Å². The summed E-state index contributed by atoms with van der Waals surface area (Å²) in [5.41, 5.74) is 2.65. The van der Waals surface area contributed by atoms with Gasteiger partial charge in [-0.25, -0.2) is 0 Å². The fraction of sp³-hybridized carbons (Fsp3) is 0.0455. The Morgan fingerprint density at radius 1 is 0.292 bits per heavy atom. The predicted octanol–water partition coefficient (Wildman–Crippen LogP) is 10.2. The summed E-state index contributed by atoms with van der Waals surface area (Å²) in [5, 5.41) is 8.32. The third kappa shape index (κ3) is 6.41. The quantitative estimate of drug-likeness (QED) is 0.121. The first kappa shape index (κ1) is 32.9. The van der Waals surface area contributed by atoms with Gasteiger partial charge >= 0.3 is 0 Å². The first-order chi connectivity index (χ1) is 23.6. The summed E-state index contributed by atoms with van der Waals surface area (Å²) in [6.07, 6.45) is 1.80. The average Bonchev–Trinajstić information content (AvgIpc) is 3.16. The topological polar surface area (TPSA) is 0 Å². The number of hydrogen-bond acceptors (Lipinski definition) is 0. The van der Waals surface area contributed by atoms with Gasteiger partial charge in [-0.15, -0.1) is 0 Å². The van der Waals surface area contributed by atoms with Crippen molar-refractivity contribution >= 4 is 78.2 Å². The van der Waals surface area contributed by atoms with Crippen LogP contribution in [0.2, 0.25) is 0 Å². The van der Waals surface area contributed by atoms with E-state index in [4.69, 9.17) is 0 Å². The number of rotatable bonds is 10. The van der Waals surface area contributed by atoms with Crippen LogP contribution < -0.4 is 31.8 Å². The van der Waals surface area contributed by atoms with Crippen molar-refractivity contribution in [3.63, 3.8) is 0 Å². The Kier molecular flexibility index (Phi) is 10.2. The molecule has 0 unspecified atom stereocenters. The van der Waals surface area contributed by atoms with Crippen LogP contribution in [0.25, 0.3) is 0 Å². The van der Waals surface area contributed by atoms with E-state index in [-0.39, 0.29) is 0 Å². The van der Waals surface area contributed by atoms with Gasteiger partial charge in [0, 0.05) is 20.1 Å². The lowest BCUT2D eigenvalue weighted by atomic mass is 10.2. The SMILES string of the molecule is Brc1cc(Br)c(C[P+](c2ccccc2)(c2ccccc2)c2ccccc2)cc1C[P+](c1ccccc1)(c1ccccc1)c1ccccc1. The molecule has 0 aliphatic heterocycles. The molecule has 0 atom stereocenters. The Hall–Kier alpha value is -3.64. The molecule has 48 heavy (non-hydrogen) atoms. The molecule has 4 heteroatoms.